The summed E-state index contributed by atoms with van der Waals surface area (Å²) in [5.74, 6) is 0. The van der Waals surface area contributed by atoms with Crippen LogP contribution < -0.4 is 4.72 Å². The van der Waals surface area contributed by atoms with Gasteiger partial charge in [0.2, 0.25) is 0 Å². The van der Waals surface area contributed by atoms with Gasteiger partial charge in [-0.15, -0.1) is 0 Å². The fourth-order valence-electron chi connectivity index (χ4n) is 1.40. The van der Waals surface area contributed by atoms with Crippen molar-refractivity contribution >= 4 is 43.0 Å². The smallest absolute Gasteiger partial charge is 0.262 e. The number of thiophene rings is 1. The van der Waals surface area contributed by atoms with Gasteiger partial charge in [0.25, 0.3) is 10.0 Å². The topological polar surface area (TPSA) is 46.2 Å². The summed E-state index contributed by atoms with van der Waals surface area (Å²) in [5.41, 5.74) is 1.31. The van der Waals surface area contributed by atoms with Crippen molar-refractivity contribution in [1.29, 1.82) is 0 Å². The molecule has 6 heteroatoms. The highest BCUT2D eigenvalue weighted by Gasteiger charge is 2.17. The maximum absolute atomic E-state index is 12.1. The van der Waals surface area contributed by atoms with Gasteiger partial charge in [0, 0.05) is 9.85 Å². The van der Waals surface area contributed by atoms with Crippen LogP contribution in [0.1, 0.15) is 5.56 Å². The molecule has 0 aliphatic carbocycles. The van der Waals surface area contributed by atoms with Gasteiger partial charge in [0.15, 0.2) is 0 Å². The molecule has 0 spiro atoms. The quantitative estimate of drug-likeness (QED) is 0.933. The molecule has 17 heavy (non-hydrogen) atoms. The molecule has 0 fully saturated rings. The lowest BCUT2D eigenvalue weighted by Gasteiger charge is -2.09. The first-order valence-corrected chi connectivity index (χ1v) is 8.02. The van der Waals surface area contributed by atoms with Gasteiger partial charge < -0.3 is 0 Å². The van der Waals surface area contributed by atoms with Gasteiger partial charge >= 0.3 is 0 Å². The number of hydrogen-bond acceptors (Lipinski definition) is 3. The minimum absolute atomic E-state index is 0.290. The third-order valence-corrected chi connectivity index (χ3v) is 4.91. The van der Waals surface area contributed by atoms with E-state index in [0.29, 0.717) is 5.69 Å². The van der Waals surface area contributed by atoms with Gasteiger partial charge in [-0.2, -0.15) is 11.3 Å². The van der Waals surface area contributed by atoms with Crippen LogP contribution in [0.2, 0.25) is 0 Å². The van der Waals surface area contributed by atoms with Crippen molar-refractivity contribution in [2.45, 2.75) is 11.8 Å². The number of hydrogen-bond donors (Lipinski definition) is 1. The SMILES string of the molecule is Cc1ccc(Br)cc1S(=O)(=O)Nc1ccsc1. The molecule has 0 unspecified atom stereocenters. The van der Waals surface area contributed by atoms with E-state index >= 15 is 0 Å². The molecule has 1 aromatic carbocycles. The van der Waals surface area contributed by atoms with E-state index in [2.05, 4.69) is 20.7 Å². The Balaban J connectivity index is 2.41. The Morgan fingerprint density at radius 3 is 2.71 bits per heavy atom. The zero-order valence-electron chi connectivity index (χ0n) is 8.98. The molecule has 0 aliphatic rings. The van der Waals surface area contributed by atoms with Crippen molar-refractivity contribution in [2.24, 2.45) is 0 Å². The number of nitrogens with one attached hydrogen (secondary N) is 1. The molecule has 2 rings (SSSR count). The van der Waals surface area contributed by atoms with Gasteiger partial charge in [0.05, 0.1) is 10.6 Å². The lowest BCUT2D eigenvalue weighted by molar-refractivity contribution is 0.600. The summed E-state index contributed by atoms with van der Waals surface area (Å²) in [6.07, 6.45) is 0. The maximum atomic E-state index is 12.1. The molecule has 90 valence electrons. The van der Waals surface area contributed by atoms with Crippen molar-refractivity contribution in [3.63, 3.8) is 0 Å². The third-order valence-electron chi connectivity index (χ3n) is 2.21. The van der Waals surface area contributed by atoms with Crippen LogP contribution in [0.5, 0.6) is 0 Å². The van der Waals surface area contributed by atoms with E-state index < -0.39 is 10.0 Å². The number of halogens is 1. The minimum atomic E-state index is -3.51. The van der Waals surface area contributed by atoms with Crippen LogP contribution in [0.25, 0.3) is 0 Å². The summed E-state index contributed by atoms with van der Waals surface area (Å²) in [6, 6.07) is 6.92. The average Bonchev–Trinajstić information content (AvgIpc) is 2.73. The fraction of sp³-hybridized carbons (Fsp3) is 0.0909. The van der Waals surface area contributed by atoms with Crippen LogP contribution in [-0.2, 0) is 10.0 Å². The van der Waals surface area contributed by atoms with Gasteiger partial charge in [-0.3, -0.25) is 4.72 Å². The Morgan fingerprint density at radius 2 is 2.06 bits per heavy atom. The van der Waals surface area contributed by atoms with E-state index in [1.807, 2.05) is 11.4 Å². The molecule has 0 atom stereocenters. The van der Waals surface area contributed by atoms with Crippen molar-refractivity contribution in [1.82, 2.24) is 0 Å². The monoisotopic (exact) mass is 331 g/mol. The summed E-state index contributed by atoms with van der Waals surface area (Å²) in [5, 5.41) is 3.58. The summed E-state index contributed by atoms with van der Waals surface area (Å²) < 4.78 is 27.6. The summed E-state index contributed by atoms with van der Waals surface area (Å²) in [6.45, 7) is 1.77. The fourth-order valence-corrected chi connectivity index (χ4v) is 3.89. The Bertz CT molecular complexity index is 621. The summed E-state index contributed by atoms with van der Waals surface area (Å²) >= 11 is 4.72. The predicted octanol–water partition coefficient (Wildman–Crippen LogP) is 3.62. The zero-order valence-corrected chi connectivity index (χ0v) is 12.2. The molecule has 1 aromatic heterocycles. The summed E-state index contributed by atoms with van der Waals surface area (Å²) in [4.78, 5) is 0.290. The number of sulfonamides is 1. The first kappa shape index (κ1) is 12.6. The van der Waals surface area contributed by atoms with Gasteiger partial charge in [0.1, 0.15) is 0 Å². The van der Waals surface area contributed by atoms with E-state index in [0.717, 1.165) is 10.0 Å². The molecule has 0 aliphatic heterocycles. The van der Waals surface area contributed by atoms with Crippen molar-refractivity contribution < 1.29 is 8.42 Å². The molecule has 1 N–H and O–H groups in total. The Labute approximate surface area is 113 Å². The first-order valence-electron chi connectivity index (χ1n) is 4.80. The molecule has 3 nitrogen and oxygen atoms in total. The Hall–Kier alpha value is -0.850. The van der Waals surface area contributed by atoms with Crippen molar-refractivity contribution in [2.75, 3.05) is 4.72 Å². The highest BCUT2D eigenvalue weighted by atomic mass is 79.9. The van der Waals surface area contributed by atoms with Gasteiger partial charge in [-0.1, -0.05) is 22.0 Å². The lowest BCUT2D eigenvalue weighted by atomic mass is 10.2. The number of aryl methyl sites for hydroxylation is 1. The van der Waals surface area contributed by atoms with Crippen LogP contribution >= 0.6 is 27.3 Å². The molecule has 0 radical (unpaired) electrons. The average molecular weight is 332 g/mol. The van der Waals surface area contributed by atoms with Gasteiger partial charge in [-0.25, -0.2) is 8.42 Å². The van der Waals surface area contributed by atoms with E-state index in [1.54, 1.807) is 30.5 Å². The first-order chi connectivity index (χ1) is 7.99. The standard InChI is InChI=1S/C11H10BrNO2S2/c1-8-2-3-9(12)6-11(8)17(14,15)13-10-4-5-16-7-10/h2-7,13H,1H3. The molecular formula is C11H10BrNO2S2. The molecule has 0 saturated carbocycles. The summed E-state index contributed by atoms with van der Waals surface area (Å²) in [7, 11) is -3.51. The normalized spacial score (nSPS) is 11.4. The van der Waals surface area contributed by atoms with Crippen molar-refractivity contribution in [3.8, 4) is 0 Å². The second kappa shape index (κ2) is 4.80. The van der Waals surface area contributed by atoms with E-state index in [-0.39, 0.29) is 4.90 Å². The maximum Gasteiger partial charge on any atom is 0.262 e. The van der Waals surface area contributed by atoms with Crippen molar-refractivity contribution in [3.05, 3.63) is 45.1 Å². The minimum Gasteiger partial charge on any atom is -0.279 e. The molecule has 2 aromatic rings. The molecule has 1 heterocycles. The number of benzene rings is 1. The highest BCUT2D eigenvalue weighted by Crippen LogP contribution is 2.23. The van der Waals surface area contributed by atoms with Crippen LogP contribution in [0.4, 0.5) is 5.69 Å². The Kier molecular flexibility index (Phi) is 3.56. The second-order valence-electron chi connectivity index (χ2n) is 3.53. The molecular weight excluding hydrogens is 322 g/mol. The van der Waals surface area contributed by atoms with Gasteiger partial charge in [-0.05, 0) is 36.1 Å². The lowest BCUT2D eigenvalue weighted by Crippen LogP contribution is -2.13. The number of rotatable bonds is 3. The van der Waals surface area contributed by atoms with Crippen LogP contribution in [0, 0.1) is 6.92 Å². The van der Waals surface area contributed by atoms with Crippen LogP contribution in [-0.4, -0.2) is 8.42 Å². The van der Waals surface area contributed by atoms with Crippen LogP contribution in [0.15, 0.2) is 44.4 Å². The molecule has 0 bridgehead atoms. The highest BCUT2D eigenvalue weighted by molar-refractivity contribution is 9.10. The second-order valence-corrected chi connectivity index (χ2v) is 6.87. The molecule has 0 saturated heterocycles. The van der Waals surface area contributed by atoms with E-state index in [1.165, 1.54) is 11.3 Å². The zero-order chi connectivity index (χ0) is 12.5. The number of anilines is 1. The van der Waals surface area contributed by atoms with Crippen LogP contribution in [0.3, 0.4) is 0 Å². The third kappa shape index (κ3) is 2.88. The Morgan fingerprint density at radius 1 is 1.29 bits per heavy atom. The van der Waals surface area contributed by atoms with E-state index in [4.69, 9.17) is 0 Å². The predicted molar refractivity (Wildman–Crippen MR) is 74.0 cm³/mol. The molecule has 0 amide bonds. The largest absolute Gasteiger partial charge is 0.279 e. The van der Waals surface area contributed by atoms with E-state index in [9.17, 15) is 8.42 Å².